The van der Waals surface area contributed by atoms with Crippen LogP contribution in [0.1, 0.15) is 20.3 Å². The van der Waals surface area contributed by atoms with Crippen LogP contribution in [-0.2, 0) is 14.2 Å². The van der Waals surface area contributed by atoms with Crippen LogP contribution in [0.2, 0.25) is 0 Å². The second-order valence-electron chi connectivity index (χ2n) is 3.36. The molecule has 12 heavy (non-hydrogen) atoms. The van der Waals surface area contributed by atoms with E-state index >= 15 is 0 Å². The van der Waals surface area contributed by atoms with Gasteiger partial charge in [0.25, 0.3) is 0 Å². The number of methoxy groups -OCH3 is 2. The molecule has 0 aromatic heterocycles. The summed E-state index contributed by atoms with van der Waals surface area (Å²) >= 11 is 0. The zero-order valence-electron chi connectivity index (χ0n) is 8.24. The molecular formula is C9H18O3. The lowest BCUT2D eigenvalue weighted by Crippen LogP contribution is -2.47. The average molecular weight is 174 g/mol. The molecule has 0 saturated carbocycles. The van der Waals surface area contributed by atoms with Gasteiger partial charge in [0.2, 0.25) is 0 Å². The molecule has 1 rings (SSSR count). The van der Waals surface area contributed by atoms with E-state index < -0.39 is 0 Å². The Morgan fingerprint density at radius 2 is 1.83 bits per heavy atom. The van der Waals surface area contributed by atoms with Crippen molar-refractivity contribution >= 4 is 0 Å². The highest BCUT2D eigenvalue weighted by molar-refractivity contribution is 4.83. The first-order valence-corrected chi connectivity index (χ1v) is 4.40. The van der Waals surface area contributed by atoms with E-state index in [9.17, 15) is 0 Å². The zero-order chi connectivity index (χ0) is 9.14. The van der Waals surface area contributed by atoms with Crippen LogP contribution in [-0.4, -0.2) is 38.6 Å². The van der Waals surface area contributed by atoms with E-state index in [1.54, 1.807) is 14.2 Å². The number of hydrogen-bond acceptors (Lipinski definition) is 3. The summed E-state index contributed by atoms with van der Waals surface area (Å²) in [6.07, 6.45) is 1.57. The van der Waals surface area contributed by atoms with E-state index in [0.717, 1.165) is 6.42 Å². The van der Waals surface area contributed by atoms with E-state index in [0.29, 0.717) is 0 Å². The molecule has 1 unspecified atom stereocenters. The van der Waals surface area contributed by atoms with Crippen molar-refractivity contribution in [1.29, 1.82) is 0 Å². The van der Waals surface area contributed by atoms with Gasteiger partial charge < -0.3 is 14.2 Å². The first kappa shape index (κ1) is 9.96. The minimum Gasteiger partial charge on any atom is -0.379 e. The lowest BCUT2D eigenvalue weighted by atomic mass is 9.99. The molecule has 0 bridgehead atoms. The maximum Gasteiger partial charge on any atom is 0.109 e. The number of hydrogen-bond donors (Lipinski definition) is 0. The molecule has 1 heterocycles. The van der Waals surface area contributed by atoms with Gasteiger partial charge in [-0.2, -0.15) is 0 Å². The standard InChI is InChI=1S/C9H18O3/c1-6-5-8(10-3)9(11-4)7(2)12-6/h6-9H,5H2,1-4H3/t6-,7?,8+,9-/m0/s1. The molecule has 1 fully saturated rings. The molecule has 3 heteroatoms. The van der Waals surface area contributed by atoms with Crippen LogP contribution in [0.4, 0.5) is 0 Å². The summed E-state index contributed by atoms with van der Waals surface area (Å²) in [7, 11) is 3.42. The normalized spacial score (nSPS) is 43.0. The first-order valence-electron chi connectivity index (χ1n) is 4.40. The minimum atomic E-state index is 0.0752. The van der Waals surface area contributed by atoms with Crippen molar-refractivity contribution < 1.29 is 14.2 Å². The third kappa shape index (κ3) is 1.97. The molecule has 0 N–H and O–H groups in total. The summed E-state index contributed by atoms with van der Waals surface area (Å²) < 4.78 is 16.3. The smallest absolute Gasteiger partial charge is 0.109 e. The SMILES string of the molecule is CO[C@@H]1C[C@H](C)OC(C)[C@@H]1OC. The molecule has 0 amide bonds. The van der Waals surface area contributed by atoms with Gasteiger partial charge in [-0.25, -0.2) is 0 Å². The summed E-state index contributed by atoms with van der Waals surface area (Å²) in [6.45, 7) is 4.09. The summed E-state index contributed by atoms with van der Waals surface area (Å²) in [5, 5.41) is 0. The van der Waals surface area contributed by atoms with Crippen LogP contribution in [0.15, 0.2) is 0 Å². The van der Waals surface area contributed by atoms with Crippen molar-refractivity contribution in [2.24, 2.45) is 0 Å². The number of ether oxygens (including phenoxy) is 3. The second-order valence-corrected chi connectivity index (χ2v) is 3.36. The van der Waals surface area contributed by atoms with Gasteiger partial charge in [-0.15, -0.1) is 0 Å². The molecule has 1 aliphatic rings. The predicted octanol–water partition coefficient (Wildman–Crippen LogP) is 1.21. The van der Waals surface area contributed by atoms with E-state index in [1.165, 1.54) is 0 Å². The zero-order valence-corrected chi connectivity index (χ0v) is 8.24. The molecule has 1 aliphatic heterocycles. The fourth-order valence-electron chi connectivity index (χ4n) is 1.84. The van der Waals surface area contributed by atoms with Gasteiger partial charge in [0.05, 0.1) is 18.3 Å². The van der Waals surface area contributed by atoms with Crippen LogP contribution >= 0.6 is 0 Å². The Kier molecular flexibility index (Phi) is 3.50. The van der Waals surface area contributed by atoms with E-state index in [2.05, 4.69) is 6.92 Å². The van der Waals surface area contributed by atoms with Gasteiger partial charge in [0.15, 0.2) is 0 Å². The average Bonchev–Trinajstić information content (AvgIpc) is 2.03. The Labute approximate surface area is 74.0 Å². The molecule has 4 atom stereocenters. The lowest BCUT2D eigenvalue weighted by molar-refractivity contribution is -0.176. The Morgan fingerprint density at radius 1 is 1.17 bits per heavy atom. The van der Waals surface area contributed by atoms with Crippen LogP contribution in [0.3, 0.4) is 0 Å². The summed E-state index contributed by atoms with van der Waals surface area (Å²) in [5.41, 5.74) is 0. The highest BCUT2D eigenvalue weighted by atomic mass is 16.6. The third-order valence-corrected chi connectivity index (χ3v) is 2.42. The predicted molar refractivity (Wildman–Crippen MR) is 46.2 cm³/mol. The number of rotatable bonds is 2. The van der Waals surface area contributed by atoms with Crippen molar-refractivity contribution in [1.82, 2.24) is 0 Å². The maximum atomic E-state index is 5.62. The van der Waals surface area contributed by atoms with Crippen LogP contribution in [0.25, 0.3) is 0 Å². The van der Waals surface area contributed by atoms with Crippen molar-refractivity contribution in [3.8, 4) is 0 Å². The van der Waals surface area contributed by atoms with Crippen molar-refractivity contribution in [2.75, 3.05) is 14.2 Å². The van der Waals surface area contributed by atoms with E-state index in [1.807, 2.05) is 6.92 Å². The van der Waals surface area contributed by atoms with Gasteiger partial charge in [-0.05, 0) is 13.8 Å². The lowest BCUT2D eigenvalue weighted by Gasteiger charge is -2.37. The molecule has 0 aromatic rings. The van der Waals surface area contributed by atoms with Crippen molar-refractivity contribution in [3.63, 3.8) is 0 Å². The molecule has 0 aromatic carbocycles. The monoisotopic (exact) mass is 174 g/mol. The van der Waals surface area contributed by atoms with Gasteiger partial charge in [0.1, 0.15) is 6.10 Å². The highest BCUT2D eigenvalue weighted by Crippen LogP contribution is 2.23. The summed E-state index contributed by atoms with van der Waals surface area (Å²) in [6, 6.07) is 0. The fourth-order valence-corrected chi connectivity index (χ4v) is 1.84. The Morgan fingerprint density at radius 3 is 2.33 bits per heavy atom. The van der Waals surface area contributed by atoms with Gasteiger partial charge in [-0.3, -0.25) is 0 Å². The molecule has 0 aliphatic carbocycles. The summed E-state index contributed by atoms with van der Waals surface area (Å²) in [5.74, 6) is 0. The molecule has 1 saturated heterocycles. The topological polar surface area (TPSA) is 27.7 Å². The highest BCUT2D eigenvalue weighted by Gasteiger charge is 2.34. The van der Waals surface area contributed by atoms with Crippen molar-refractivity contribution in [3.05, 3.63) is 0 Å². The Balaban J connectivity index is 2.56. The van der Waals surface area contributed by atoms with E-state index in [-0.39, 0.29) is 24.4 Å². The third-order valence-electron chi connectivity index (χ3n) is 2.42. The quantitative estimate of drug-likeness (QED) is 0.630. The van der Waals surface area contributed by atoms with Crippen molar-refractivity contribution in [2.45, 2.75) is 44.7 Å². The van der Waals surface area contributed by atoms with Crippen LogP contribution in [0.5, 0.6) is 0 Å². The van der Waals surface area contributed by atoms with E-state index in [4.69, 9.17) is 14.2 Å². The Hall–Kier alpha value is -0.120. The first-order chi connectivity index (χ1) is 5.69. The van der Waals surface area contributed by atoms with Crippen LogP contribution in [0, 0.1) is 0 Å². The molecule has 0 radical (unpaired) electrons. The molecule has 3 nitrogen and oxygen atoms in total. The van der Waals surface area contributed by atoms with Crippen LogP contribution < -0.4 is 0 Å². The fraction of sp³-hybridized carbons (Fsp3) is 1.00. The molecule has 0 spiro atoms. The summed E-state index contributed by atoms with van der Waals surface area (Å²) in [4.78, 5) is 0. The van der Waals surface area contributed by atoms with Gasteiger partial charge in [0, 0.05) is 20.6 Å². The minimum absolute atomic E-state index is 0.0752. The van der Waals surface area contributed by atoms with Gasteiger partial charge >= 0.3 is 0 Å². The largest absolute Gasteiger partial charge is 0.379 e. The van der Waals surface area contributed by atoms with Gasteiger partial charge in [-0.1, -0.05) is 0 Å². The maximum absolute atomic E-state index is 5.62. The molecular weight excluding hydrogens is 156 g/mol. The molecule has 72 valence electrons. The second kappa shape index (κ2) is 4.21. The Bertz CT molecular complexity index is 138.